The minimum Gasteiger partial charge on any atom is -0.497 e. The molecule has 27 heavy (non-hydrogen) atoms. The maximum Gasteiger partial charge on any atom is 0.309 e. The Labute approximate surface area is 159 Å². The Morgan fingerprint density at radius 2 is 1.85 bits per heavy atom. The van der Waals surface area contributed by atoms with Crippen molar-refractivity contribution in [1.29, 1.82) is 0 Å². The SMILES string of the molecule is COC(=O)Cc1ccc(OCC(C)CC(N)(O)c2cccc(OC)c2)cc1. The zero-order valence-corrected chi connectivity index (χ0v) is 16.0. The maximum atomic E-state index is 11.3. The van der Waals surface area contributed by atoms with E-state index in [4.69, 9.17) is 15.2 Å². The third kappa shape index (κ3) is 6.27. The Morgan fingerprint density at radius 1 is 1.15 bits per heavy atom. The van der Waals surface area contributed by atoms with Gasteiger partial charge in [0.2, 0.25) is 0 Å². The van der Waals surface area contributed by atoms with E-state index in [0.717, 1.165) is 5.56 Å². The Bertz CT molecular complexity index is 742. The largest absolute Gasteiger partial charge is 0.497 e. The van der Waals surface area contributed by atoms with Crippen molar-refractivity contribution in [2.75, 3.05) is 20.8 Å². The summed E-state index contributed by atoms with van der Waals surface area (Å²) < 4.78 is 15.6. The zero-order chi connectivity index (χ0) is 19.9. The number of carbonyl (C=O) groups excluding carboxylic acids is 1. The average Bonchev–Trinajstić information content (AvgIpc) is 2.67. The van der Waals surface area contributed by atoms with Gasteiger partial charge in [-0.25, -0.2) is 0 Å². The highest BCUT2D eigenvalue weighted by Crippen LogP contribution is 2.27. The van der Waals surface area contributed by atoms with Crippen LogP contribution in [0, 0.1) is 5.92 Å². The number of carbonyl (C=O) groups is 1. The van der Waals surface area contributed by atoms with Crippen LogP contribution in [0.2, 0.25) is 0 Å². The number of benzene rings is 2. The molecule has 0 bridgehead atoms. The number of methoxy groups -OCH3 is 2. The first kappa shape index (κ1) is 20.7. The average molecular weight is 373 g/mol. The summed E-state index contributed by atoms with van der Waals surface area (Å²) in [4.78, 5) is 11.3. The smallest absolute Gasteiger partial charge is 0.309 e. The van der Waals surface area contributed by atoms with E-state index < -0.39 is 5.72 Å². The molecule has 0 aliphatic heterocycles. The number of hydrogen-bond donors (Lipinski definition) is 2. The van der Waals surface area contributed by atoms with Gasteiger partial charge in [0.1, 0.15) is 17.2 Å². The third-order valence-corrected chi connectivity index (χ3v) is 4.26. The van der Waals surface area contributed by atoms with Crippen LogP contribution < -0.4 is 15.2 Å². The molecule has 0 aromatic heterocycles. The molecule has 6 nitrogen and oxygen atoms in total. The van der Waals surface area contributed by atoms with Crippen molar-refractivity contribution in [1.82, 2.24) is 0 Å². The van der Waals surface area contributed by atoms with Gasteiger partial charge in [-0.3, -0.25) is 10.5 Å². The number of hydrogen-bond acceptors (Lipinski definition) is 6. The Kier molecular flexibility index (Phi) is 7.21. The van der Waals surface area contributed by atoms with Crippen LogP contribution in [0.25, 0.3) is 0 Å². The highest BCUT2D eigenvalue weighted by Gasteiger charge is 2.27. The predicted octanol–water partition coefficient (Wildman–Crippen LogP) is 2.62. The Hall–Kier alpha value is -2.57. The van der Waals surface area contributed by atoms with Crippen LogP contribution in [0.3, 0.4) is 0 Å². The first-order valence-electron chi connectivity index (χ1n) is 8.78. The molecule has 2 rings (SSSR count). The van der Waals surface area contributed by atoms with Crippen LogP contribution in [0.1, 0.15) is 24.5 Å². The van der Waals surface area contributed by atoms with Gasteiger partial charge in [-0.15, -0.1) is 0 Å². The summed E-state index contributed by atoms with van der Waals surface area (Å²) in [5.41, 5.74) is 6.10. The highest BCUT2D eigenvalue weighted by molar-refractivity contribution is 5.72. The highest BCUT2D eigenvalue weighted by atomic mass is 16.5. The van der Waals surface area contributed by atoms with Crippen LogP contribution in [0.5, 0.6) is 11.5 Å². The topological polar surface area (TPSA) is 91.0 Å². The van der Waals surface area contributed by atoms with E-state index in [9.17, 15) is 9.90 Å². The van der Waals surface area contributed by atoms with Gasteiger partial charge in [0.25, 0.3) is 0 Å². The quantitative estimate of drug-likeness (QED) is 0.519. The fourth-order valence-electron chi connectivity index (χ4n) is 2.78. The Morgan fingerprint density at radius 3 is 2.48 bits per heavy atom. The Balaban J connectivity index is 1.89. The normalized spacial score (nSPS) is 14.1. The van der Waals surface area contributed by atoms with Gasteiger partial charge in [-0.05, 0) is 42.2 Å². The molecule has 2 aromatic rings. The summed E-state index contributed by atoms with van der Waals surface area (Å²) in [6.07, 6.45) is 0.564. The van der Waals surface area contributed by atoms with E-state index in [-0.39, 0.29) is 18.3 Å². The molecule has 0 spiro atoms. The minimum atomic E-state index is -1.47. The molecule has 0 amide bonds. The summed E-state index contributed by atoms with van der Waals surface area (Å²) in [5.74, 6) is 1.07. The number of aliphatic hydroxyl groups is 1. The summed E-state index contributed by atoms with van der Waals surface area (Å²) >= 11 is 0. The van der Waals surface area contributed by atoms with Crippen molar-refractivity contribution in [3.05, 3.63) is 59.7 Å². The van der Waals surface area contributed by atoms with Crippen molar-refractivity contribution in [2.24, 2.45) is 11.7 Å². The second kappa shape index (κ2) is 9.39. The van der Waals surface area contributed by atoms with Crippen LogP contribution in [-0.4, -0.2) is 31.9 Å². The third-order valence-electron chi connectivity index (χ3n) is 4.26. The molecular formula is C21H27NO5. The number of rotatable bonds is 9. The van der Waals surface area contributed by atoms with Gasteiger partial charge < -0.3 is 19.3 Å². The molecule has 3 N–H and O–H groups in total. The predicted molar refractivity (Wildman–Crippen MR) is 103 cm³/mol. The summed E-state index contributed by atoms with van der Waals surface area (Å²) in [5, 5.41) is 10.6. The first-order chi connectivity index (χ1) is 12.8. The lowest BCUT2D eigenvalue weighted by molar-refractivity contribution is -0.139. The molecule has 6 heteroatoms. The summed E-state index contributed by atoms with van der Waals surface area (Å²) in [7, 11) is 2.94. The van der Waals surface area contributed by atoms with E-state index in [1.165, 1.54) is 7.11 Å². The van der Waals surface area contributed by atoms with Crippen molar-refractivity contribution in [3.8, 4) is 11.5 Å². The van der Waals surface area contributed by atoms with Crippen molar-refractivity contribution in [3.63, 3.8) is 0 Å². The maximum absolute atomic E-state index is 11.3. The van der Waals surface area contributed by atoms with Crippen molar-refractivity contribution in [2.45, 2.75) is 25.5 Å². The monoisotopic (exact) mass is 373 g/mol. The molecule has 0 aliphatic carbocycles. The van der Waals surface area contributed by atoms with Gasteiger partial charge in [0, 0.05) is 5.56 Å². The molecule has 0 radical (unpaired) electrons. The molecule has 0 aliphatic rings. The van der Waals surface area contributed by atoms with Gasteiger partial charge >= 0.3 is 5.97 Å². The molecule has 0 fully saturated rings. The summed E-state index contributed by atoms with van der Waals surface area (Å²) in [6, 6.07) is 14.4. The lowest BCUT2D eigenvalue weighted by Gasteiger charge is -2.27. The van der Waals surface area contributed by atoms with Gasteiger partial charge in [0.15, 0.2) is 0 Å². The molecule has 2 atom stereocenters. The number of esters is 1. The summed E-state index contributed by atoms with van der Waals surface area (Å²) in [6.45, 7) is 2.36. The van der Waals surface area contributed by atoms with E-state index in [1.807, 2.05) is 31.2 Å². The molecule has 0 saturated carbocycles. The molecule has 2 unspecified atom stereocenters. The van der Waals surface area contributed by atoms with Crippen LogP contribution in [0.15, 0.2) is 48.5 Å². The fraction of sp³-hybridized carbons (Fsp3) is 0.381. The van der Waals surface area contributed by atoms with Crippen LogP contribution in [0.4, 0.5) is 0 Å². The van der Waals surface area contributed by atoms with Crippen LogP contribution in [-0.2, 0) is 21.7 Å². The molecule has 146 valence electrons. The standard InChI is InChI=1S/C21H27NO5/c1-15(13-21(22,24)17-5-4-6-19(12-17)25-2)14-27-18-9-7-16(8-10-18)11-20(23)26-3/h4-10,12,15,24H,11,13-14,22H2,1-3H3. The zero-order valence-electron chi connectivity index (χ0n) is 16.0. The van der Waals surface area contributed by atoms with Gasteiger partial charge in [0.05, 0.1) is 27.2 Å². The van der Waals surface area contributed by atoms with E-state index in [1.54, 1.807) is 31.4 Å². The second-order valence-electron chi connectivity index (χ2n) is 6.67. The molecule has 0 heterocycles. The van der Waals surface area contributed by atoms with Crippen LogP contribution >= 0.6 is 0 Å². The number of ether oxygens (including phenoxy) is 3. The second-order valence-corrected chi connectivity index (χ2v) is 6.67. The lowest BCUT2D eigenvalue weighted by Crippen LogP contribution is -2.39. The van der Waals surface area contributed by atoms with E-state index >= 15 is 0 Å². The fourth-order valence-corrected chi connectivity index (χ4v) is 2.78. The molecule has 0 saturated heterocycles. The first-order valence-corrected chi connectivity index (χ1v) is 8.78. The minimum absolute atomic E-state index is 0.0148. The van der Waals surface area contributed by atoms with Gasteiger partial charge in [-0.1, -0.05) is 31.2 Å². The number of nitrogens with two attached hydrogens (primary N) is 1. The van der Waals surface area contributed by atoms with Crippen molar-refractivity contribution >= 4 is 5.97 Å². The van der Waals surface area contributed by atoms with Gasteiger partial charge in [-0.2, -0.15) is 0 Å². The molecular weight excluding hydrogens is 346 g/mol. The van der Waals surface area contributed by atoms with E-state index in [2.05, 4.69) is 4.74 Å². The molecule has 2 aromatic carbocycles. The van der Waals surface area contributed by atoms with E-state index in [0.29, 0.717) is 30.1 Å². The lowest BCUT2D eigenvalue weighted by atomic mass is 9.93. The van der Waals surface area contributed by atoms with Crippen molar-refractivity contribution < 1.29 is 24.1 Å².